The molecule has 2 fully saturated rings. The van der Waals surface area contributed by atoms with E-state index in [0.29, 0.717) is 26.3 Å². The van der Waals surface area contributed by atoms with Crippen LogP contribution in [-0.4, -0.2) is 81.0 Å². The van der Waals surface area contributed by atoms with E-state index in [1.165, 1.54) is 56.3 Å². The van der Waals surface area contributed by atoms with Crippen LogP contribution < -0.4 is 14.0 Å². The first-order chi connectivity index (χ1) is 19.4. The van der Waals surface area contributed by atoms with Crippen molar-refractivity contribution in [3.8, 4) is 11.5 Å². The van der Waals surface area contributed by atoms with Gasteiger partial charge in [0.2, 0.25) is 0 Å². The lowest BCUT2D eigenvalue weighted by Gasteiger charge is -2.48. The molecule has 0 amide bonds. The molecular weight excluding hydrogens is 555 g/mol. The number of hydrogen-bond acceptors (Lipinski definition) is 7. The van der Waals surface area contributed by atoms with E-state index >= 15 is 0 Å². The minimum Gasteiger partial charge on any atom is -0.497 e. The molecule has 9 nitrogen and oxygen atoms in total. The standard InChI is InChI=1S/C21H31N4O2.C8H6Cl2O3/c1-26-20-10-8-19(9-11-20)25(18-6-4-2-3-5-7-18)17-22-16-23-21(25)24-12-14-27-15-13-24;9-5-1-2-7(6(10)3-5)13-4-8(11)12/h8-11,16-18,21H,2-7,12-15H2,1H3;1-3H,4H2,(H,11,12)/q+1;. The molecule has 0 radical (unpaired) electrons. The number of hydrogen-bond donors (Lipinski definition) is 1. The fourth-order valence-corrected chi connectivity index (χ4v) is 6.00. The van der Waals surface area contributed by atoms with E-state index in [0.717, 1.165) is 32.1 Å². The van der Waals surface area contributed by atoms with Gasteiger partial charge < -0.3 is 19.3 Å². The molecule has 1 N–H and O–H groups in total. The van der Waals surface area contributed by atoms with Gasteiger partial charge in [-0.1, -0.05) is 36.0 Å². The predicted molar refractivity (Wildman–Crippen MR) is 159 cm³/mol. The van der Waals surface area contributed by atoms with Crippen molar-refractivity contribution < 1.29 is 24.1 Å². The molecule has 2 heterocycles. The predicted octanol–water partition coefficient (Wildman–Crippen LogP) is 5.87. The van der Waals surface area contributed by atoms with E-state index in [1.807, 2.05) is 0 Å². The number of morpholine rings is 1. The Balaban J connectivity index is 0.000000240. The Labute approximate surface area is 245 Å². The van der Waals surface area contributed by atoms with E-state index in [1.54, 1.807) is 19.5 Å². The van der Waals surface area contributed by atoms with Crippen LogP contribution in [0.3, 0.4) is 0 Å². The molecule has 0 bridgehead atoms. The van der Waals surface area contributed by atoms with Crippen molar-refractivity contribution in [2.45, 2.75) is 50.9 Å². The smallest absolute Gasteiger partial charge is 0.341 e. The van der Waals surface area contributed by atoms with Gasteiger partial charge in [-0.05, 0) is 43.2 Å². The van der Waals surface area contributed by atoms with Crippen molar-refractivity contribution >= 4 is 47.5 Å². The fourth-order valence-electron chi connectivity index (χ4n) is 5.53. The van der Waals surface area contributed by atoms with Gasteiger partial charge in [-0.3, -0.25) is 0 Å². The van der Waals surface area contributed by atoms with Gasteiger partial charge >= 0.3 is 5.97 Å². The molecule has 2 aromatic rings. The van der Waals surface area contributed by atoms with Crippen molar-refractivity contribution in [1.29, 1.82) is 0 Å². The number of aliphatic imine (C=N–C) groups is 2. The van der Waals surface area contributed by atoms with Crippen molar-refractivity contribution in [1.82, 2.24) is 9.38 Å². The molecule has 1 saturated carbocycles. The minimum atomic E-state index is -1.05. The molecule has 1 aliphatic carbocycles. The van der Waals surface area contributed by atoms with Gasteiger partial charge in [0.15, 0.2) is 12.9 Å². The number of ether oxygens (including phenoxy) is 3. The van der Waals surface area contributed by atoms with Crippen LogP contribution in [-0.2, 0) is 9.53 Å². The highest BCUT2D eigenvalue weighted by atomic mass is 35.5. The highest BCUT2D eigenvalue weighted by Crippen LogP contribution is 2.38. The Bertz CT molecular complexity index is 1170. The maximum absolute atomic E-state index is 10.2. The topological polar surface area (TPSA) is 93.0 Å². The zero-order valence-electron chi connectivity index (χ0n) is 22.8. The van der Waals surface area contributed by atoms with E-state index in [9.17, 15) is 4.79 Å². The number of rotatable bonds is 7. The van der Waals surface area contributed by atoms with Crippen LogP contribution in [0.5, 0.6) is 11.5 Å². The SMILES string of the molecule is COc1ccc([N+]2(C3CCCCCC3)C=NC=NC2N2CCOCC2)cc1.O=C(O)COc1ccc(Cl)cc1Cl. The number of halogens is 2. The van der Waals surface area contributed by atoms with Gasteiger partial charge in [0, 0.05) is 43.1 Å². The van der Waals surface area contributed by atoms with Gasteiger partial charge in [0.25, 0.3) is 6.29 Å². The Kier molecular flexibility index (Phi) is 11.2. The van der Waals surface area contributed by atoms with Crippen LogP contribution in [0.4, 0.5) is 5.69 Å². The van der Waals surface area contributed by atoms with E-state index in [-0.39, 0.29) is 6.29 Å². The largest absolute Gasteiger partial charge is 0.497 e. The zero-order chi connectivity index (χ0) is 28.4. The first kappa shape index (κ1) is 30.3. The first-order valence-corrected chi connectivity index (χ1v) is 14.4. The lowest BCUT2D eigenvalue weighted by Crippen LogP contribution is -2.68. The number of methoxy groups -OCH3 is 1. The monoisotopic (exact) mass is 591 g/mol. The van der Waals surface area contributed by atoms with Crippen molar-refractivity contribution in [3.05, 3.63) is 52.5 Å². The average Bonchev–Trinajstić information content (AvgIpc) is 3.28. The van der Waals surface area contributed by atoms with Crippen molar-refractivity contribution in [2.75, 3.05) is 40.0 Å². The molecule has 5 rings (SSSR count). The van der Waals surface area contributed by atoms with Crippen LogP contribution in [0.1, 0.15) is 38.5 Å². The lowest BCUT2D eigenvalue weighted by atomic mass is 10.0. The third-order valence-electron chi connectivity index (χ3n) is 7.47. The maximum atomic E-state index is 10.2. The van der Waals surface area contributed by atoms with Crippen LogP contribution in [0.2, 0.25) is 10.0 Å². The summed E-state index contributed by atoms with van der Waals surface area (Å²) in [5, 5.41) is 9.11. The number of aliphatic carboxylic acids is 1. The molecule has 1 saturated heterocycles. The van der Waals surface area contributed by atoms with E-state index < -0.39 is 12.6 Å². The molecule has 2 aromatic carbocycles. The summed E-state index contributed by atoms with van der Waals surface area (Å²) >= 11 is 11.3. The Morgan fingerprint density at radius 3 is 2.40 bits per heavy atom. The molecule has 40 heavy (non-hydrogen) atoms. The highest BCUT2D eigenvalue weighted by molar-refractivity contribution is 6.35. The first-order valence-electron chi connectivity index (χ1n) is 13.6. The highest BCUT2D eigenvalue weighted by Gasteiger charge is 2.49. The Morgan fingerprint density at radius 2 is 1.77 bits per heavy atom. The molecule has 0 spiro atoms. The second kappa shape index (κ2) is 14.8. The number of carboxylic acid groups (broad SMARTS) is 1. The molecule has 11 heteroatoms. The van der Waals surface area contributed by atoms with E-state index in [4.69, 9.17) is 47.5 Å². The average molecular weight is 593 g/mol. The minimum absolute atomic E-state index is 0.0305. The molecule has 2 unspecified atom stereocenters. The Morgan fingerprint density at radius 1 is 1.07 bits per heavy atom. The number of carboxylic acids is 1. The Hall–Kier alpha value is -2.69. The molecular formula is C29H37Cl2N4O5+. The molecule has 0 aromatic heterocycles. The lowest BCUT2D eigenvalue weighted by molar-refractivity contribution is -0.139. The summed E-state index contributed by atoms with van der Waals surface area (Å²) < 4.78 is 16.6. The van der Waals surface area contributed by atoms with Gasteiger partial charge in [0.1, 0.15) is 29.6 Å². The number of benzene rings is 2. The molecule has 2 atom stereocenters. The summed E-state index contributed by atoms with van der Waals surface area (Å²) in [5.41, 5.74) is 1.25. The van der Waals surface area contributed by atoms with Crippen molar-refractivity contribution in [3.63, 3.8) is 0 Å². The van der Waals surface area contributed by atoms with Gasteiger partial charge in [-0.25, -0.2) is 14.2 Å². The van der Waals surface area contributed by atoms with Crippen LogP contribution >= 0.6 is 23.2 Å². The zero-order valence-corrected chi connectivity index (χ0v) is 24.3. The summed E-state index contributed by atoms with van der Waals surface area (Å²) in [7, 11) is 1.72. The summed E-state index contributed by atoms with van der Waals surface area (Å²) in [6, 6.07) is 13.6. The van der Waals surface area contributed by atoms with Crippen LogP contribution in [0.25, 0.3) is 0 Å². The number of quaternary nitrogens is 1. The maximum Gasteiger partial charge on any atom is 0.341 e. The number of nitrogens with zero attached hydrogens (tertiary/aromatic N) is 4. The molecule has 3 aliphatic rings. The number of carbonyl (C=O) groups is 1. The summed E-state index contributed by atoms with van der Waals surface area (Å²) in [5.74, 6) is 0.151. The van der Waals surface area contributed by atoms with Gasteiger partial charge in [-0.15, -0.1) is 0 Å². The van der Waals surface area contributed by atoms with Crippen LogP contribution in [0.15, 0.2) is 52.4 Å². The summed E-state index contributed by atoms with van der Waals surface area (Å²) in [6.45, 7) is 2.96. The molecule has 2 aliphatic heterocycles. The quantitative estimate of drug-likeness (QED) is 0.320. The van der Waals surface area contributed by atoms with Crippen LogP contribution in [0, 0.1) is 0 Å². The van der Waals surface area contributed by atoms with Gasteiger partial charge in [0.05, 0.1) is 25.3 Å². The third-order valence-corrected chi connectivity index (χ3v) is 8.00. The summed E-state index contributed by atoms with van der Waals surface area (Å²) in [4.78, 5) is 22.1. The van der Waals surface area contributed by atoms with Crippen molar-refractivity contribution in [2.24, 2.45) is 9.98 Å². The second-order valence-electron chi connectivity index (χ2n) is 9.96. The normalized spacial score (nSPS) is 23.5. The van der Waals surface area contributed by atoms with Gasteiger partial charge in [-0.2, -0.15) is 9.98 Å². The summed E-state index contributed by atoms with van der Waals surface area (Å²) in [6.07, 6.45) is 11.6. The van der Waals surface area contributed by atoms with E-state index in [2.05, 4.69) is 40.5 Å². The second-order valence-corrected chi connectivity index (χ2v) is 10.8. The third kappa shape index (κ3) is 7.53. The molecule has 216 valence electrons. The fraction of sp³-hybridized carbons (Fsp3) is 0.483.